The fourth-order valence-corrected chi connectivity index (χ4v) is 8.46. The van der Waals surface area contributed by atoms with Gasteiger partial charge in [0, 0.05) is 24.0 Å². The number of amides is 2. The average molecular weight is 572 g/mol. The van der Waals surface area contributed by atoms with Crippen molar-refractivity contribution < 1.29 is 24.3 Å². The Kier molecular flexibility index (Phi) is 6.53. The van der Waals surface area contributed by atoms with Gasteiger partial charge in [-0.05, 0) is 60.1 Å². The van der Waals surface area contributed by atoms with E-state index in [1.807, 2.05) is 73.7 Å². The van der Waals surface area contributed by atoms with Crippen LogP contribution in [0.25, 0.3) is 5.57 Å². The number of hydrogen-bond acceptors (Lipinski definition) is 5. The number of imide groups is 1. The molecule has 2 fully saturated rings. The Morgan fingerprint density at radius 3 is 2.28 bits per heavy atom. The molecule has 1 saturated heterocycles. The first-order valence-corrected chi connectivity index (χ1v) is 15.1. The first-order valence-electron chi connectivity index (χ1n) is 15.1. The van der Waals surface area contributed by atoms with Gasteiger partial charge in [0.25, 0.3) is 0 Å². The molecular formula is C37H33NO5. The number of phenolic OH excluding ortho intramolecular Hbond substituents is 1. The maximum absolute atomic E-state index is 14.9. The number of aromatic hydroxyl groups is 1. The second-order valence-electron chi connectivity index (χ2n) is 12.2. The van der Waals surface area contributed by atoms with Crippen LogP contribution in [0.15, 0.2) is 103 Å². The molecule has 0 radical (unpaired) electrons. The van der Waals surface area contributed by atoms with Crippen molar-refractivity contribution in [3.8, 4) is 5.75 Å². The maximum atomic E-state index is 14.9. The number of rotatable bonds is 5. The van der Waals surface area contributed by atoms with Gasteiger partial charge in [-0.3, -0.25) is 24.1 Å². The van der Waals surface area contributed by atoms with Gasteiger partial charge >= 0.3 is 0 Å². The van der Waals surface area contributed by atoms with Gasteiger partial charge in [-0.15, -0.1) is 0 Å². The second kappa shape index (κ2) is 10.3. The zero-order valence-corrected chi connectivity index (χ0v) is 24.0. The van der Waals surface area contributed by atoms with Gasteiger partial charge in [0.1, 0.15) is 5.75 Å². The topological polar surface area (TPSA) is 91.8 Å². The minimum absolute atomic E-state index is 0.0602. The molecule has 1 saturated carbocycles. The number of carbonyl (C=O) groups excluding carboxylic acids is 4. The zero-order chi connectivity index (χ0) is 29.9. The minimum atomic E-state index is -1.28. The number of allylic oxidation sites excluding steroid dienone is 4. The van der Waals surface area contributed by atoms with Crippen molar-refractivity contribution in [2.75, 3.05) is 6.54 Å². The third-order valence-electron chi connectivity index (χ3n) is 10.1. The predicted octanol–water partition coefficient (Wildman–Crippen LogP) is 5.63. The highest BCUT2D eigenvalue weighted by Gasteiger charge is 2.65. The van der Waals surface area contributed by atoms with Crippen molar-refractivity contribution in [3.05, 3.63) is 119 Å². The Hall–Kier alpha value is -4.58. The van der Waals surface area contributed by atoms with Crippen molar-refractivity contribution in [3.63, 3.8) is 0 Å². The van der Waals surface area contributed by atoms with Crippen molar-refractivity contribution in [1.29, 1.82) is 0 Å². The summed E-state index contributed by atoms with van der Waals surface area (Å²) in [6, 6.07) is 25.6. The van der Waals surface area contributed by atoms with E-state index in [9.17, 15) is 24.3 Å². The fourth-order valence-electron chi connectivity index (χ4n) is 8.46. The van der Waals surface area contributed by atoms with Crippen LogP contribution in [0.5, 0.6) is 5.75 Å². The van der Waals surface area contributed by atoms with E-state index in [1.165, 1.54) is 11.0 Å². The molecule has 3 aromatic carbocycles. The monoisotopic (exact) mass is 571 g/mol. The number of benzene rings is 3. The van der Waals surface area contributed by atoms with E-state index in [4.69, 9.17) is 0 Å². The molecule has 7 rings (SSSR count). The summed E-state index contributed by atoms with van der Waals surface area (Å²) in [7, 11) is 0. The van der Waals surface area contributed by atoms with Crippen LogP contribution in [0.4, 0.5) is 0 Å². The Balaban J connectivity index is 1.49. The molecule has 2 amide bonds. The summed E-state index contributed by atoms with van der Waals surface area (Å²) in [5, 5.41) is 10.6. The van der Waals surface area contributed by atoms with E-state index in [1.54, 1.807) is 18.2 Å². The summed E-state index contributed by atoms with van der Waals surface area (Å²) in [6.45, 7) is 2.32. The van der Waals surface area contributed by atoms with Crippen molar-refractivity contribution in [1.82, 2.24) is 4.90 Å². The molecule has 1 N–H and O–H groups in total. The lowest BCUT2D eigenvalue weighted by Crippen LogP contribution is -2.58. The van der Waals surface area contributed by atoms with Gasteiger partial charge in [0.05, 0.1) is 17.3 Å². The number of Topliss-reactive ketones (excluding diaryl/α,β-unsaturated/α-hetero) is 1. The van der Waals surface area contributed by atoms with Crippen molar-refractivity contribution >= 4 is 29.0 Å². The van der Waals surface area contributed by atoms with Crippen LogP contribution < -0.4 is 0 Å². The molecule has 0 bridgehead atoms. The number of nitrogens with zero attached hydrogens (tertiary/aromatic N) is 1. The van der Waals surface area contributed by atoms with E-state index in [2.05, 4.69) is 6.08 Å². The maximum Gasteiger partial charge on any atom is 0.233 e. The molecule has 3 aromatic rings. The molecule has 43 heavy (non-hydrogen) atoms. The van der Waals surface area contributed by atoms with E-state index >= 15 is 0 Å². The summed E-state index contributed by atoms with van der Waals surface area (Å²) in [4.78, 5) is 58.4. The number of likely N-dealkylation sites (tertiary alicyclic amines) is 1. The van der Waals surface area contributed by atoms with Crippen molar-refractivity contribution in [2.24, 2.45) is 23.7 Å². The van der Waals surface area contributed by atoms with Crippen LogP contribution >= 0.6 is 0 Å². The standard InChI is InChI=1S/C37H33NO5/c1-2-18-38-35(42)27-17-16-26-29(32(27)36(38)43)20-30-34(41)28(22-10-5-3-6-11-22)21-31(40)37(30,24-13-7-4-8-14-24)33(26)23-12-9-15-25(39)19-23/h3-16,19,21,27,29-30,32-33,39H,2,17-18,20H2,1H3. The molecule has 1 heterocycles. The van der Waals surface area contributed by atoms with E-state index in [-0.39, 0.29) is 35.6 Å². The highest BCUT2D eigenvalue weighted by Crippen LogP contribution is 2.63. The Morgan fingerprint density at radius 2 is 1.58 bits per heavy atom. The molecule has 6 unspecified atom stereocenters. The van der Waals surface area contributed by atoms with Gasteiger partial charge in [0.15, 0.2) is 11.6 Å². The summed E-state index contributed by atoms with van der Waals surface area (Å²) in [5.74, 6) is -3.40. The number of ketones is 2. The molecule has 216 valence electrons. The largest absolute Gasteiger partial charge is 0.508 e. The molecule has 3 aliphatic carbocycles. The van der Waals surface area contributed by atoms with Crippen LogP contribution in [0.3, 0.4) is 0 Å². The second-order valence-corrected chi connectivity index (χ2v) is 12.2. The highest BCUT2D eigenvalue weighted by molar-refractivity contribution is 6.31. The molecule has 6 atom stereocenters. The highest BCUT2D eigenvalue weighted by atomic mass is 16.3. The third kappa shape index (κ3) is 3.92. The van der Waals surface area contributed by atoms with E-state index in [0.717, 1.165) is 11.1 Å². The average Bonchev–Trinajstić information content (AvgIpc) is 3.27. The van der Waals surface area contributed by atoms with Gasteiger partial charge in [-0.1, -0.05) is 91.4 Å². The molecule has 1 aliphatic heterocycles. The minimum Gasteiger partial charge on any atom is -0.508 e. The lowest BCUT2D eigenvalue weighted by Gasteiger charge is -2.55. The Labute approximate surface area is 250 Å². The predicted molar refractivity (Wildman–Crippen MR) is 162 cm³/mol. The third-order valence-corrected chi connectivity index (χ3v) is 10.1. The molecule has 6 heteroatoms. The smallest absolute Gasteiger partial charge is 0.233 e. The lowest BCUT2D eigenvalue weighted by atomic mass is 9.44. The summed E-state index contributed by atoms with van der Waals surface area (Å²) in [6.07, 6.45) is 4.92. The first-order chi connectivity index (χ1) is 20.9. The Bertz CT molecular complexity index is 1710. The quantitative estimate of drug-likeness (QED) is 0.317. The zero-order valence-electron chi connectivity index (χ0n) is 24.0. The van der Waals surface area contributed by atoms with Crippen LogP contribution in [-0.4, -0.2) is 39.9 Å². The van der Waals surface area contributed by atoms with Crippen LogP contribution in [-0.2, 0) is 24.6 Å². The van der Waals surface area contributed by atoms with Crippen LogP contribution in [0.2, 0.25) is 0 Å². The molecule has 0 spiro atoms. The SMILES string of the molecule is CCCN1C(=O)C2CC=C3C(CC4C(=O)C(c5ccccc5)=CC(=O)C4(c4ccccc4)C3c3cccc(O)c3)C2C1=O. The summed E-state index contributed by atoms with van der Waals surface area (Å²) in [5.41, 5.74) is 2.12. The van der Waals surface area contributed by atoms with Crippen LogP contribution in [0.1, 0.15) is 48.8 Å². The van der Waals surface area contributed by atoms with Crippen LogP contribution in [0, 0.1) is 23.7 Å². The molecular weight excluding hydrogens is 538 g/mol. The number of carbonyl (C=O) groups is 4. The lowest BCUT2D eigenvalue weighted by molar-refractivity contribution is -0.140. The van der Waals surface area contributed by atoms with E-state index in [0.29, 0.717) is 36.1 Å². The number of fused-ring (bicyclic) bond motifs is 4. The molecule has 4 aliphatic rings. The van der Waals surface area contributed by atoms with Crippen molar-refractivity contribution in [2.45, 2.75) is 37.5 Å². The summed E-state index contributed by atoms with van der Waals surface area (Å²) < 4.78 is 0. The van der Waals surface area contributed by atoms with Gasteiger partial charge in [0.2, 0.25) is 11.8 Å². The first kappa shape index (κ1) is 27.3. The van der Waals surface area contributed by atoms with E-state index < -0.39 is 35.0 Å². The Morgan fingerprint density at radius 1 is 0.860 bits per heavy atom. The van der Waals surface area contributed by atoms with Gasteiger partial charge in [-0.2, -0.15) is 0 Å². The fraction of sp³-hybridized carbons (Fsp3) is 0.297. The van der Waals surface area contributed by atoms with Gasteiger partial charge < -0.3 is 5.11 Å². The van der Waals surface area contributed by atoms with Gasteiger partial charge in [-0.25, -0.2) is 0 Å². The summed E-state index contributed by atoms with van der Waals surface area (Å²) >= 11 is 0. The number of phenols is 1. The number of hydrogen-bond donors (Lipinski definition) is 1. The normalized spacial score (nSPS) is 29.9. The molecule has 0 aromatic heterocycles. The molecule has 6 nitrogen and oxygen atoms in total.